The number of carboxylic acid groups (broad SMARTS) is 1. The van der Waals surface area contributed by atoms with Crippen LogP contribution in [-0.2, 0) is 20.7 Å². The van der Waals surface area contributed by atoms with Gasteiger partial charge >= 0.3 is 11.7 Å². The lowest BCUT2D eigenvalue weighted by atomic mass is 10.1. The Balaban J connectivity index is 2.03. The number of aromatic nitrogens is 2. The number of aliphatic hydroxyl groups is 1. The van der Waals surface area contributed by atoms with Crippen LogP contribution in [0.15, 0.2) is 20.9 Å². The van der Waals surface area contributed by atoms with Crippen LogP contribution in [0.25, 0.3) is 10.4 Å². The lowest BCUT2D eigenvalue weighted by Gasteiger charge is -2.15. The van der Waals surface area contributed by atoms with Crippen molar-refractivity contribution in [1.29, 1.82) is 0 Å². The number of nitrogens with zero attached hydrogens (tertiary/aromatic N) is 4. The number of carbonyl (C=O) groups excluding carboxylic acids is 1. The van der Waals surface area contributed by atoms with E-state index in [-0.39, 0.29) is 43.7 Å². The average molecular weight is 410 g/mol. The molecule has 0 bridgehead atoms. The fourth-order valence-electron chi connectivity index (χ4n) is 2.96. The number of H-pyrrole nitrogens is 1. The lowest BCUT2D eigenvalue weighted by molar-refractivity contribution is -0.137. The summed E-state index contributed by atoms with van der Waals surface area (Å²) in [6.07, 6.45) is 0.0882. The van der Waals surface area contributed by atoms with E-state index in [0.717, 1.165) is 4.57 Å². The van der Waals surface area contributed by atoms with Crippen molar-refractivity contribution in [2.75, 3.05) is 13.2 Å². The van der Waals surface area contributed by atoms with E-state index in [9.17, 15) is 24.3 Å². The van der Waals surface area contributed by atoms with Gasteiger partial charge < -0.3 is 20.3 Å². The van der Waals surface area contributed by atoms with E-state index in [0.29, 0.717) is 6.42 Å². The van der Waals surface area contributed by atoms with Crippen LogP contribution in [0.4, 0.5) is 0 Å². The smallest absolute Gasteiger partial charge is 0.330 e. The van der Waals surface area contributed by atoms with Crippen LogP contribution in [0.5, 0.6) is 0 Å². The first-order chi connectivity index (χ1) is 13.8. The van der Waals surface area contributed by atoms with Crippen molar-refractivity contribution in [3.05, 3.63) is 43.0 Å². The normalized spacial score (nSPS) is 20.8. The van der Waals surface area contributed by atoms with Crippen molar-refractivity contribution in [2.45, 2.75) is 50.5 Å². The number of rotatable bonds is 10. The van der Waals surface area contributed by atoms with Crippen molar-refractivity contribution in [3.8, 4) is 0 Å². The molecule has 13 heteroatoms. The SMILES string of the molecule is [N-]=[N+]=N[C@H]1C[C@H](n2cc(CCC(=O)NCCCC(=O)O)c(=O)[nH]c2=O)O[C@@H]1CO. The highest BCUT2D eigenvalue weighted by Gasteiger charge is 2.35. The Morgan fingerprint density at radius 1 is 1.41 bits per heavy atom. The second kappa shape index (κ2) is 10.4. The summed E-state index contributed by atoms with van der Waals surface area (Å²) in [6.45, 7) is -0.187. The van der Waals surface area contributed by atoms with Crippen molar-refractivity contribution >= 4 is 11.9 Å². The second-order valence-electron chi connectivity index (χ2n) is 6.49. The number of ether oxygens (including phenoxy) is 1. The standard InChI is InChI=1S/C16H22N6O7/c17-21-20-10-6-13(29-11(10)8-23)22-7-9(15(27)19-16(22)28)3-4-12(24)18-5-1-2-14(25)26/h7,10-11,13,23H,1-6,8H2,(H,18,24)(H,25,26)(H,19,27,28)/t10-,11+,13+/m0/s1. The summed E-state index contributed by atoms with van der Waals surface area (Å²) in [5.41, 5.74) is 7.43. The minimum absolute atomic E-state index is 0.0273. The molecule has 13 nitrogen and oxygen atoms in total. The molecule has 0 spiro atoms. The third kappa shape index (κ3) is 6.17. The highest BCUT2D eigenvalue weighted by atomic mass is 16.5. The van der Waals surface area contributed by atoms with Crippen LogP contribution in [-0.4, -0.2) is 56.9 Å². The first-order valence-corrected chi connectivity index (χ1v) is 8.99. The summed E-state index contributed by atoms with van der Waals surface area (Å²) < 4.78 is 6.68. The largest absolute Gasteiger partial charge is 0.481 e. The van der Waals surface area contributed by atoms with E-state index >= 15 is 0 Å². The average Bonchev–Trinajstić information content (AvgIpc) is 3.07. The number of amides is 1. The zero-order valence-corrected chi connectivity index (χ0v) is 15.5. The molecule has 0 aromatic carbocycles. The van der Waals surface area contributed by atoms with Gasteiger partial charge in [-0.1, -0.05) is 5.11 Å². The van der Waals surface area contributed by atoms with Gasteiger partial charge in [0.25, 0.3) is 5.56 Å². The van der Waals surface area contributed by atoms with Gasteiger partial charge in [0.05, 0.1) is 18.8 Å². The maximum absolute atomic E-state index is 12.1. The molecule has 1 amide bonds. The van der Waals surface area contributed by atoms with Crippen molar-refractivity contribution in [3.63, 3.8) is 0 Å². The van der Waals surface area contributed by atoms with Crippen LogP contribution in [0, 0.1) is 0 Å². The first kappa shape index (κ1) is 22.1. The molecule has 1 aromatic rings. The zero-order valence-electron chi connectivity index (χ0n) is 15.5. The quantitative estimate of drug-likeness (QED) is 0.171. The molecule has 1 aromatic heterocycles. The van der Waals surface area contributed by atoms with Crippen LogP contribution >= 0.6 is 0 Å². The van der Waals surface area contributed by atoms with Crippen molar-refractivity contribution in [2.24, 2.45) is 5.11 Å². The van der Waals surface area contributed by atoms with E-state index in [1.165, 1.54) is 6.20 Å². The molecular weight excluding hydrogens is 388 g/mol. The summed E-state index contributed by atoms with van der Waals surface area (Å²) in [6, 6.07) is -0.658. The van der Waals surface area contributed by atoms with Gasteiger partial charge in [0.2, 0.25) is 5.91 Å². The van der Waals surface area contributed by atoms with Crippen LogP contribution in [0.3, 0.4) is 0 Å². The Bertz CT molecular complexity index is 904. The predicted octanol–water partition coefficient (Wildman–Crippen LogP) is -0.591. The number of aliphatic carboxylic acids is 1. The predicted molar refractivity (Wildman–Crippen MR) is 98.1 cm³/mol. The van der Waals surface area contributed by atoms with Crippen LogP contribution < -0.4 is 16.6 Å². The van der Waals surface area contributed by atoms with Gasteiger partial charge in [-0.2, -0.15) is 0 Å². The van der Waals surface area contributed by atoms with Gasteiger partial charge in [0.1, 0.15) is 6.23 Å². The number of carbonyl (C=O) groups is 2. The van der Waals surface area contributed by atoms with E-state index in [1.54, 1.807) is 0 Å². The Morgan fingerprint density at radius 3 is 2.83 bits per heavy atom. The van der Waals surface area contributed by atoms with Crippen molar-refractivity contribution in [1.82, 2.24) is 14.9 Å². The number of aromatic amines is 1. The molecule has 2 heterocycles. The van der Waals surface area contributed by atoms with Gasteiger partial charge in [-0.25, -0.2) is 4.79 Å². The molecule has 1 saturated heterocycles. The number of hydrogen-bond donors (Lipinski definition) is 4. The van der Waals surface area contributed by atoms with Crippen LogP contribution in [0.2, 0.25) is 0 Å². The minimum Gasteiger partial charge on any atom is -0.481 e. The number of aryl methyl sites for hydroxylation is 1. The lowest BCUT2D eigenvalue weighted by Crippen LogP contribution is -2.35. The molecule has 1 fully saturated rings. The fourth-order valence-corrected chi connectivity index (χ4v) is 2.96. The molecule has 3 atom stereocenters. The molecule has 0 saturated carbocycles. The second-order valence-corrected chi connectivity index (χ2v) is 6.49. The molecule has 2 rings (SSSR count). The number of hydrogen-bond acceptors (Lipinski definition) is 7. The topological polar surface area (TPSA) is 199 Å². The minimum atomic E-state index is -0.951. The fraction of sp³-hybridized carbons (Fsp3) is 0.625. The Labute approximate surface area is 163 Å². The molecule has 158 valence electrons. The number of aliphatic hydroxyl groups excluding tert-OH is 1. The zero-order chi connectivity index (χ0) is 21.4. The van der Waals surface area contributed by atoms with E-state index in [4.69, 9.17) is 15.4 Å². The Morgan fingerprint density at radius 2 is 2.17 bits per heavy atom. The maximum Gasteiger partial charge on any atom is 0.330 e. The highest BCUT2D eigenvalue weighted by Crippen LogP contribution is 2.29. The molecule has 29 heavy (non-hydrogen) atoms. The molecule has 4 N–H and O–H groups in total. The number of azide groups is 1. The van der Waals surface area contributed by atoms with Gasteiger partial charge in [0, 0.05) is 42.5 Å². The monoisotopic (exact) mass is 410 g/mol. The highest BCUT2D eigenvalue weighted by molar-refractivity contribution is 5.76. The number of nitrogens with one attached hydrogen (secondary N) is 2. The Hall–Kier alpha value is -3.15. The maximum atomic E-state index is 12.1. The van der Waals surface area contributed by atoms with E-state index < -0.39 is 42.2 Å². The first-order valence-electron chi connectivity index (χ1n) is 8.99. The molecule has 0 aliphatic carbocycles. The van der Waals surface area contributed by atoms with Gasteiger partial charge in [-0.05, 0) is 18.4 Å². The van der Waals surface area contributed by atoms with Crippen molar-refractivity contribution < 1.29 is 24.5 Å². The van der Waals surface area contributed by atoms with Crippen LogP contribution in [0.1, 0.15) is 37.5 Å². The van der Waals surface area contributed by atoms with Gasteiger partial charge in [-0.15, -0.1) is 0 Å². The van der Waals surface area contributed by atoms with Gasteiger partial charge in [0.15, 0.2) is 0 Å². The summed E-state index contributed by atoms with van der Waals surface area (Å²) >= 11 is 0. The summed E-state index contributed by atoms with van der Waals surface area (Å²) in [7, 11) is 0. The molecule has 0 unspecified atom stereocenters. The van der Waals surface area contributed by atoms with E-state index in [2.05, 4.69) is 20.3 Å². The molecule has 0 radical (unpaired) electrons. The molecule has 1 aliphatic heterocycles. The summed E-state index contributed by atoms with van der Waals surface area (Å²) in [4.78, 5) is 51.3. The summed E-state index contributed by atoms with van der Waals surface area (Å²) in [5.74, 6) is -1.30. The third-order valence-corrected chi connectivity index (χ3v) is 4.45. The number of carboxylic acids is 1. The third-order valence-electron chi connectivity index (χ3n) is 4.45. The summed E-state index contributed by atoms with van der Waals surface area (Å²) in [5, 5.41) is 24.0. The van der Waals surface area contributed by atoms with Gasteiger partial charge in [-0.3, -0.25) is 23.9 Å². The molecule has 1 aliphatic rings. The van der Waals surface area contributed by atoms with E-state index in [1.807, 2.05) is 0 Å². The molecular formula is C16H22N6O7. The Kier molecular flexibility index (Phi) is 7.95.